The molecular weight excluding hydrogens is 668 g/mol. The molecule has 11 heteroatoms. The van der Waals surface area contributed by atoms with Gasteiger partial charge >= 0.3 is 6.09 Å². The highest BCUT2D eigenvalue weighted by Gasteiger charge is 2.27. The van der Waals surface area contributed by atoms with Gasteiger partial charge in [0, 0.05) is 56.1 Å². The number of allylic oxidation sites excluding steroid dienone is 7. The monoisotopic (exact) mass is 730 g/mol. The lowest BCUT2D eigenvalue weighted by Crippen LogP contribution is -2.54. The summed E-state index contributed by atoms with van der Waals surface area (Å²) in [5.74, 6) is -1.27. The molecule has 4 amide bonds. The second-order valence-corrected chi connectivity index (χ2v) is 15.5. The number of rotatable bonds is 18. The molecule has 0 saturated carbocycles. The van der Waals surface area contributed by atoms with E-state index in [1.807, 2.05) is 40.7 Å². The van der Waals surface area contributed by atoms with Crippen LogP contribution in [0, 0.1) is 11.3 Å². The number of hydrogen-bond acceptors (Lipinski definition) is 7. The normalized spacial score (nSPS) is 16.4. The van der Waals surface area contributed by atoms with E-state index in [1.54, 1.807) is 6.92 Å². The molecule has 0 aromatic rings. The average molecular weight is 731 g/mol. The van der Waals surface area contributed by atoms with E-state index in [4.69, 9.17) is 4.74 Å². The maximum Gasteiger partial charge on any atom is 0.407 e. The zero-order valence-corrected chi connectivity index (χ0v) is 32.8. The Morgan fingerprint density at radius 1 is 0.887 bits per heavy atom. The van der Waals surface area contributed by atoms with Crippen LogP contribution in [0.5, 0.6) is 0 Å². The van der Waals surface area contributed by atoms with Crippen molar-refractivity contribution in [2.75, 3.05) is 32.8 Å². The van der Waals surface area contributed by atoms with E-state index in [-0.39, 0.29) is 43.4 Å². The predicted octanol–water partition coefficient (Wildman–Crippen LogP) is 5.98. The fourth-order valence-electron chi connectivity index (χ4n) is 6.07. The number of nitrogens with zero attached hydrogens (tertiary/aromatic N) is 1. The number of carbonyl (C=O) groups is 4. The summed E-state index contributed by atoms with van der Waals surface area (Å²) in [7, 11) is 0. The summed E-state index contributed by atoms with van der Waals surface area (Å²) >= 11 is 0. The first-order valence-corrected chi connectivity index (χ1v) is 19.0. The van der Waals surface area contributed by atoms with Gasteiger partial charge in [-0.15, -0.1) is 5.73 Å². The number of ether oxygens (including phenoxy) is 1. The summed E-state index contributed by atoms with van der Waals surface area (Å²) in [4.78, 5) is 52.6. The van der Waals surface area contributed by atoms with Crippen LogP contribution in [0.1, 0.15) is 92.9 Å². The number of carbonyl (C=O) groups excluding carboxylic acids is 4. The Balaban J connectivity index is 1.38. The fraction of sp³-hybridized carbons (Fsp3) is 0.548. The molecule has 2 atom stereocenters. The van der Waals surface area contributed by atoms with Gasteiger partial charge < -0.3 is 36.2 Å². The lowest BCUT2D eigenvalue weighted by Gasteiger charge is -2.34. The molecule has 3 rings (SSSR count). The second-order valence-electron chi connectivity index (χ2n) is 15.5. The molecular formula is C42H62N6O5. The van der Waals surface area contributed by atoms with Gasteiger partial charge in [0.1, 0.15) is 12.1 Å². The number of amides is 4. The van der Waals surface area contributed by atoms with Crippen LogP contribution < -0.4 is 26.6 Å². The van der Waals surface area contributed by atoms with E-state index in [0.717, 1.165) is 50.0 Å². The van der Waals surface area contributed by atoms with E-state index in [1.165, 1.54) is 22.4 Å². The van der Waals surface area contributed by atoms with E-state index < -0.39 is 30.0 Å². The number of alkyl carbamates (subject to hydrolysis) is 1. The molecule has 0 aromatic heterocycles. The SMILES string of the molecule is C=C(CCCC(=O)NC(C(=O)N[C@@H](C)C(=O)NCCNC(=O)OCC(C)(C)C)C(C)C)NCCC(=C)N1CC2=C(C=CC=C=C2)CCC2=C1C=CCC2. The lowest BCUT2D eigenvalue weighted by molar-refractivity contribution is -0.132. The highest BCUT2D eigenvalue weighted by molar-refractivity contribution is 5.92. The molecule has 0 bridgehead atoms. The fourth-order valence-corrected chi connectivity index (χ4v) is 6.07. The minimum absolute atomic E-state index is 0.147. The topological polar surface area (TPSA) is 141 Å². The molecule has 0 fully saturated rings. The van der Waals surface area contributed by atoms with E-state index in [2.05, 4.69) is 80.8 Å². The van der Waals surface area contributed by atoms with Crippen LogP contribution in [0.15, 0.2) is 89.2 Å². The Kier molecular flexibility index (Phi) is 17.0. The Morgan fingerprint density at radius 3 is 2.38 bits per heavy atom. The maximum absolute atomic E-state index is 13.0. The lowest BCUT2D eigenvalue weighted by atomic mass is 9.90. The van der Waals surface area contributed by atoms with Gasteiger partial charge in [0.2, 0.25) is 17.7 Å². The molecule has 3 aliphatic rings. The summed E-state index contributed by atoms with van der Waals surface area (Å²) in [6.07, 6.45) is 18.7. The Hall–Kier alpha value is -4.76. The van der Waals surface area contributed by atoms with Gasteiger partial charge in [-0.3, -0.25) is 14.4 Å². The van der Waals surface area contributed by atoms with E-state index in [9.17, 15) is 19.2 Å². The van der Waals surface area contributed by atoms with Crippen molar-refractivity contribution >= 4 is 23.8 Å². The van der Waals surface area contributed by atoms with Crippen molar-refractivity contribution in [3.05, 3.63) is 89.2 Å². The van der Waals surface area contributed by atoms with Gasteiger partial charge in [-0.2, -0.15) is 0 Å². The molecule has 290 valence electrons. The van der Waals surface area contributed by atoms with E-state index in [0.29, 0.717) is 19.4 Å². The van der Waals surface area contributed by atoms with Crippen molar-refractivity contribution in [1.82, 2.24) is 31.5 Å². The summed E-state index contributed by atoms with van der Waals surface area (Å²) < 4.78 is 5.13. The van der Waals surface area contributed by atoms with Crippen LogP contribution in [-0.4, -0.2) is 73.6 Å². The zero-order chi connectivity index (χ0) is 39.0. The first-order chi connectivity index (χ1) is 25.1. The largest absolute Gasteiger partial charge is 0.449 e. The highest BCUT2D eigenvalue weighted by Crippen LogP contribution is 2.34. The minimum Gasteiger partial charge on any atom is -0.449 e. The van der Waals surface area contributed by atoms with Crippen LogP contribution in [0.3, 0.4) is 0 Å². The molecule has 0 radical (unpaired) electrons. The van der Waals surface area contributed by atoms with Crippen LogP contribution in [0.25, 0.3) is 0 Å². The molecule has 0 spiro atoms. The van der Waals surface area contributed by atoms with Gasteiger partial charge in [0.25, 0.3) is 0 Å². The molecule has 1 aliphatic heterocycles. The highest BCUT2D eigenvalue weighted by atomic mass is 16.5. The van der Waals surface area contributed by atoms with Crippen molar-refractivity contribution < 1.29 is 23.9 Å². The van der Waals surface area contributed by atoms with Gasteiger partial charge in [0.05, 0.1) is 6.61 Å². The quantitative estimate of drug-likeness (QED) is 0.0864. The average Bonchev–Trinajstić information content (AvgIpc) is 3.32. The van der Waals surface area contributed by atoms with Crippen LogP contribution in [-0.2, 0) is 19.1 Å². The van der Waals surface area contributed by atoms with Crippen LogP contribution >= 0.6 is 0 Å². The van der Waals surface area contributed by atoms with Crippen molar-refractivity contribution in [3.63, 3.8) is 0 Å². The van der Waals surface area contributed by atoms with Crippen molar-refractivity contribution in [1.29, 1.82) is 0 Å². The number of nitrogens with one attached hydrogen (secondary N) is 5. The maximum atomic E-state index is 13.0. The molecule has 5 N–H and O–H groups in total. The van der Waals surface area contributed by atoms with Crippen molar-refractivity contribution in [3.8, 4) is 0 Å². The molecule has 2 aliphatic carbocycles. The molecule has 0 aromatic carbocycles. The summed E-state index contributed by atoms with van der Waals surface area (Å²) in [6.45, 7) is 21.8. The summed E-state index contributed by atoms with van der Waals surface area (Å²) in [5.41, 5.74) is 10.4. The standard InChI is InChI=1S/C42H62N6O5/c1-29(2)38(40(51)46-32(5)39(50)44-25-26-45-41(52)53-28-42(6,7)8)47-37(49)20-14-15-30(3)43-24-23-31(4)48-27-35-18-11-9-10-16-33(35)21-22-34-17-12-13-19-36(34)48/h9-10,13,16,18-19,29,32,38,43H,3-4,12,14-15,17,20-28H2,1-2,5-8H3,(H,44,50)(H,45,52)(H,46,51)(H,47,49)/t32-,38?/m0/s1. The Bertz CT molecular complexity index is 1550. The molecule has 11 nitrogen and oxygen atoms in total. The van der Waals surface area contributed by atoms with Crippen molar-refractivity contribution in [2.24, 2.45) is 11.3 Å². The van der Waals surface area contributed by atoms with Gasteiger partial charge in [-0.25, -0.2) is 4.79 Å². The zero-order valence-electron chi connectivity index (χ0n) is 32.8. The third kappa shape index (κ3) is 15.0. The first kappa shape index (κ1) is 42.7. The Morgan fingerprint density at radius 2 is 1.64 bits per heavy atom. The van der Waals surface area contributed by atoms with Crippen molar-refractivity contribution in [2.45, 2.75) is 105 Å². The third-order valence-electron chi connectivity index (χ3n) is 9.13. The molecule has 0 saturated heterocycles. The van der Waals surface area contributed by atoms with E-state index >= 15 is 0 Å². The first-order valence-electron chi connectivity index (χ1n) is 19.0. The molecule has 1 unspecified atom stereocenters. The third-order valence-corrected chi connectivity index (χ3v) is 9.13. The summed E-state index contributed by atoms with van der Waals surface area (Å²) in [6, 6.07) is -1.63. The smallest absolute Gasteiger partial charge is 0.407 e. The van der Waals surface area contributed by atoms with Gasteiger partial charge in [0.15, 0.2) is 0 Å². The van der Waals surface area contributed by atoms with Gasteiger partial charge in [-0.05, 0) is 91.7 Å². The predicted molar refractivity (Wildman–Crippen MR) is 211 cm³/mol. The number of hydrogen-bond donors (Lipinski definition) is 5. The second kappa shape index (κ2) is 21.1. The minimum atomic E-state index is -0.835. The van der Waals surface area contributed by atoms with Gasteiger partial charge in [-0.1, -0.05) is 66.0 Å². The van der Waals surface area contributed by atoms with Crippen LogP contribution in [0.4, 0.5) is 4.79 Å². The van der Waals surface area contributed by atoms with Crippen LogP contribution in [0.2, 0.25) is 0 Å². The summed E-state index contributed by atoms with van der Waals surface area (Å²) in [5, 5.41) is 14.2. The molecule has 53 heavy (non-hydrogen) atoms. The Labute approximate surface area is 316 Å². The molecule has 1 heterocycles.